The number of hydrogen-bond donors (Lipinski definition) is 0. The Labute approximate surface area is 190 Å². The predicted molar refractivity (Wildman–Crippen MR) is 117 cm³/mol. The van der Waals surface area contributed by atoms with Gasteiger partial charge in [0.1, 0.15) is 5.82 Å². The van der Waals surface area contributed by atoms with Gasteiger partial charge in [-0.15, -0.1) is 0 Å². The molecule has 4 rings (SSSR count). The summed E-state index contributed by atoms with van der Waals surface area (Å²) in [4.78, 5) is 21.0. The molecule has 2 aromatic carbocycles. The van der Waals surface area contributed by atoms with Gasteiger partial charge in [0.2, 0.25) is 17.6 Å². The van der Waals surface area contributed by atoms with Gasteiger partial charge in [-0.1, -0.05) is 29.4 Å². The fourth-order valence-electron chi connectivity index (χ4n) is 3.75. The first-order chi connectivity index (χ1) is 16.0. The summed E-state index contributed by atoms with van der Waals surface area (Å²) >= 11 is 0. The highest BCUT2D eigenvalue weighted by molar-refractivity contribution is 5.76. The van der Waals surface area contributed by atoms with Crippen molar-refractivity contribution in [2.45, 2.75) is 26.3 Å². The second-order valence-corrected chi connectivity index (χ2v) is 8.01. The number of piperazine rings is 1. The lowest BCUT2D eigenvalue weighted by molar-refractivity contribution is -0.133. The van der Waals surface area contributed by atoms with Gasteiger partial charge in [-0.3, -0.25) is 9.69 Å². The second kappa shape index (κ2) is 10.5. The normalized spacial score (nSPS) is 14.5. The lowest BCUT2D eigenvalue weighted by Gasteiger charge is -2.34. The van der Waals surface area contributed by atoms with Crippen molar-refractivity contribution >= 4 is 5.91 Å². The average Bonchev–Trinajstić information content (AvgIpc) is 3.26. The van der Waals surface area contributed by atoms with Crippen LogP contribution < -0.4 is 4.74 Å². The Hall–Kier alpha value is -3.33. The number of carbonyl (C=O) groups excluding carboxylic acids is 1. The van der Waals surface area contributed by atoms with Crippen LogP contribution in [0, 0.1) is 18.6 Å². The number of halogens is 2. The van der Waals surface area contributed by atoms with E-state index in [9.17, 15) is 13.6 Å². The summed E-state index contributed by atoms with van der Waals surface area (Å²) in [5, 5.41) is 4.10. The number of benzene rings is 2. The molecule has 174 valence electrons. The van der Waals surface area contributed by atoms with Crippen molar-refractivity contribution in [1.29, 1.82) is 0 Å². The third-order valence-corrected chi connectivity index (χ3v) is 5.62. The number of amides is 1. The highest BCUT2D eigenvalue weighted by atomic mass is 19.1. The van der Waals surface area contributed by atoms with Gasteiger partial charge in [-0.25, -0.2) is 8.78 Å². The van der Waals surface area contributed by atoms with Gasteiger partial charge in [0.15, 0.2) is 11.6 Å². The largest absolute Gasteiger partial charge is 0.491 e. The SMILES string of the molecule is Cc1ccccc1-c1noc(CN2CCN(C(=O)CCCOc3ccc(F)cc3F)CC2)n1. The molecular weight excluding hydrogens is 430 g/mol. The predicted octanol–water partition coefficient (Wildman–Crippen LogP) is 3.83. The van der Waals surface area contributed by atoms with E-state index in [2.05, 4.69) is 15.0 Å². The molecule has 0 aliphatic carbocycles. The Morgan fingerprint density at radius 1 is 1.12 bits per heavy atom. The molecule has 0 radical (unpaired) electrons. The van der Waals surface area contributed by atoms with Crippen LogP contribution >= 0.6 is 0 Å². The van der Waals surface area contributed by atoms with Crippen LogP contribution in [-0.4, -0.2) is 58.6 Å². The summed E-state index contributed by atoms with van der Waals surface area (Å²) in [6.07, 6.45) is 0.770. The van der Waals surface area contributed by atoms with Crippen LogP contribution in [0.15, 0.2) is 47.0 Å². The van der Waals surface area contributed by atoms with Crippen LogP contribution in [0.25, 0.3) is 11.4 Å². The van der Waals surface area contributed by atoms with E-state index in [0.717, 1.165) is 23.3 Å². The van der Waals surface area contributed by atoms with Gasteiger partial charge in [-0.05, 0) is 31.0 Å². The molecule has 1 fully saturated rings. The fourth-order valence-corrected chi connectivity index (χ4v) is 3.75. The molecule has 1 aliphatic heterocycles. The summed E-state index contributed by atoms with van der Waals surface area (Å²) in [7, 11) is 0. The molecule has 0 N–H and O–H groups in total. The molecule has 0 atom stereocenters. The standard InChI is InChI=1S/C24H26F2N4O3/c1-17-5-2-3-6-19(17)24-27-22(33-28-24)16-29-10-12-30(13-11-29)23(31)7-4-14-32-21-9-8-18(25)15-20(21)26/h2-3,5-6,8-9,15H,4,7,10-14,16H2,1H3. The third-order valence-electron chi connectivity index (χ3n) is 5.62. The first kappa shape index (κ1) is 22.8. The van der Waals surface area contributed by atoms with Crippen molar-refractivity contribution in [3.63, 3.8) is 0 Å². The van der Waals surface area contributed by atoms with E-state index in [0.29, 0.717) is 57.3 Å². The quantitative estimate of drug-likeness (QED) is 0.480. The van der Waals surface area contributed by atoms with E-state index in [-0.39, 0.29) is 18.3 Å². The molecule has 9 heteroatoms. The third kappa shape index (κ3) is 5.92. The van der Waals surface area contributed by atoms with Crippen molar-refractivity contribution in [2.24, 2.45) is 0 Å². The van der Waals surface area contributed by atoms with Crippen LogP contribution in [0.2, 0.25) is 0 Å². The zero-order valence-electron chi connectivity index (χ0n) is 18.5. The molecule has 7 nitrogen and oxygen atoms in total. The van der Waals surface area contributed by atoms with Crippen molar-refractivity contribution in [3.8, 4) is 17.1 Å². The van der Waals surface area contributed by atoms with Gasteiger partial charge in [0, 0.05) is 44.2 Å². The van der Waals surface area contributed by atoms with Gasteiger partial charge in [0.05, 0.1) is 13.2 Å². The molecule has 0 saturated carbocycles. The molecule has 3 aromatic rings. The number of carbonyl (C=O) groups is 1. The van der Waals surface area contributed by atoms with E-state index in [1.54, 1.807) is 0 Å². The van der Waals surface area contributed by atoms with Crippen molar-refractivity contribution in [2.75, 3.05) is 32.8 Å². The molecule has 0 spiro atoms. The Balaban J connectivity index is 1.18. The lowest BCUT2D eigenvalue weighted by atomic mass is 10.1. The van der Waals surface area contributed by atoms with Crippen molar-refractivity contribution in [1.82, 2.24) is 19.9 Å². The van der Waals surface area contributed by atoms with Crippen LogP contribution in [0.4, 0.5) is 8.78 Å². The maximum Gasteiger partial charge on any atom is 0.241 e. The molecule has 33 heavy (non-hydrogen) atoms. The van der Waals surface area contributed by atoms with Gasteiger partial charge < -0.3 is 14.2 Å². The Bertz CT molecular complexity index is 1100. The minimum Gasteiger partial charge on any atom is -0.491 e. The number of ether oxygens (including phenoxy) is 1. The maximum absolute atomic E-state index is 13.6. The summed E-state index contributed by atoms with van der Waals surface area (Å²) in [5.41, 5.74) is 2.04. The Kier molecular flexibility index (Phi) is 7.29. The monoisotopic (exact) mass is 456 g/mol. The highest BCUT2D eigenvalue weighted by Gasteiger charge is 2.22. The van der Waals surface area contributed by atoms with Crippen molar-refractivity contribution < 1.29 is 22.8 Å². The molecule has 0 bridgehead atoms. The molecule has 1 saturated heterocycles. The minimum atomic E-state index is -0.746. The average molecular weight is 456 g/mol. The second-order valence-electron chi connectivity index (χ2n) is 8.01. The zero-order valence-corrected chi connectivity index (χ0v) is 18.5. The minimum absolute atomic E-state index is 0.0101. The molecule has 1 amide bonds. The number of rotatable bonds is 8. The fraction of sp³-hybridized carbons (Fsp3) is 0.375. The maximum atomic E-state index is 13.6. The number of hydrogen-bond acceptors (Lipinski definition) is 6. The molecule has 1 aromatic heterocycles. The summed E-state index contributed by atoms with van der Waals surface area (Å²) in [6.45, 7) is 5.40. The lowest BCUT2D eigenvalue weighted by Crippen LogP contribution is -2.48. The molecule has 1 aliphatic rings. The molecule has 2 heterocycles. The Morgan fingerprint density at radius 2 is 1.91 bits per heavy atom. The van der Waals surface area contributed by atoms with Crippen LogP contribution in [0.3, 0.4) is 0 Å². The van der Waals surface area contributed by atoms with Gasteiger partial charge in [-0.2, -0.15) is 4.98 Å². The summed E-state index contributed by atoms with van der Waals surface area (Å²) < 4.78 is 37.2. The summed E-state index contributed by atoms with van der Waals surface area (Å²) in [6, 6.07) is 11.1. The zero-order chi connectivity index (χ0) is 23.2. The van der Waals surface area contributed by atoms with Crippen LogP contribution in [-0.2, 0) is 11.3 Å². The number of aromatic nitrogens is 2. The Morgan fingerprint density at radius 3 is 2.67 bits per heavy atom. The van der Waals surface area contributed by atoms with E-state index in [1.807, 2.05) is 36.1 Å². The number of nitrogens with zero attached hydrogens (tertiary/aromatic N) is 4. The van der Waals surface area contributed by atoms with Crippen molar-refractivity contribution in [3.05, 3.63) is 65.6 Å². The van der Waals surface area contributed by atoms with Crippen LogP contribution in [0.5, 0.6) is 5.75 Å². The van der Waals surface area contributed by atoms with Crippen LogP contribution in [0.1, 0.15) is 24.3 Å². The highest BCUT2D eigenvalue weighted by Crippen LogP contribution is 2.21. The first-order valence-corrected chi connectivity index (χ1v) is 11.0. The van der Waals surface area contributed by atoms with E-state index < -0.39 is 11.6 Å². The molecule has 0 unspecified atom stereocenters. The van der Waals surface area contributed by atoms with Gasteiger partial charge in [0.25, 0.3) is 0 Å². The summed E-state index contributed by atoms with van der Waals surface area (Å²) in [5.74, 6) is -0.232. The topological polar surface area (TPSA) is 71.7 Å². The van der Waals surface area contributed by atoms with E-state index in [4.69, 9.17) is 9.26 Å². The van der Waals surface area contributed by atoms with E-state index >= 15 is 0 Å². The van der Waals surface area contributed by atoms with Gasteiger partial charge >= 0.3 is 0 Å². The smallest absolute Gasteiger partial charge is 0.241 e. The number of aryl methyl sites for hydroxylation is 1. The van der Waals surface area contributed by atoms with E-state index in [1.165, 1.54) is 6.07 Å². The molecular formula is C24H26F2N4O3. The first-order valence-electron chi connectivity index (χ1n) is 11.0.